The number of nitrogens with one attached hydrogen (secondary N) is 1. The molecule has 28 heavy (non-hydrogen) atoms. The zero-order chi connectivity index (χ0) is 20.4. The molecule has 0 spiro atoms. The Morgan fingerprint density at radius 1 is 1.00 bits per heavy atom. The fourth-order valence-electron chi connectivity index (χ4n) is 2.63. The highest BCUT2D eigenvalue weighted by Gasteiger charge is 2.34. The molecule has 0 unspecified atom stereocenters. The summed E-state index contributed by atoms with van der Waals surface area (Å²) < 4.78 is 10.4. The van der Waals surface area contributed by atoms with Gasteiger partial charge < -0.3 is 9.47 Å². The highest BCUT2D eigenvalue weighted by atomic mass is 35.5. The Balaban J connectivity index is 2.02. The molecule has 1 fully saturated rings. The second-order valence-electron chi connectivity index (χ2n) is 5.67. The number of amides is 2. The molecule has 0 aromatic heterocycles. The lowest BCUT2D eigenvalue weighted by Gasteiger charge is -2.29. The van der Waals surface area contributed by atoms with Crippen LogP contribution in [0.1, 0.15) is 5.56 Å². The first-order valence-electron chi connectivity index (χ1n) is 7.94. The second kappa shape index (κ2) is 8.18. The van der Waals surface area contributed by atoms with E-state index in [2.05, 4.69) is 5.32 Å². The highest BCUT2D eigenvalue weighted by molar-refractivity contribution is 7.80. The number of carbonyl (C=O) groups excluding carboxylic acids is 2. The molecule has 0 radical (unpaired) electrons. The summed E-state index contributed by atoms with van der Waals surface area (Å²) >= 11 is 17.1. The molecule has 1 aliphatic heterocycles. The van der Waals surface area contributed by atoms with Crippen molar-refractivity contribution in [2.75, 3.05) is 19.1 Å². The first-order chi connectivity index (χ1) is 13.3. The summed E-state index contributed by atoms with van der Waals surface area (Å²) in [6, 6.07) is 9.67. The lowest BCUT2D eigenvalue weighted by atomic mass is 10.1. The first kappa shape index (κ1) is 20.1. The van der Waals surface area contributed by atoms with Crippen molar-refractivity contribution in [1.29, 1.82) is 0 Å². The van der Waals surface area contributed by atoms with E-state index in [-0.39, 0.29) is 15.7 Å². The summed E-state index contributed by atoms with van der Waals surface area (Å²) in [6.45, 7) is 0. The molecule has 1 heterocycles. The van der Waals surface area contributed by atoms with Gasteiger partial charge in [0, 0.05) is 0 Å². The zero-order valence-electron chi connectivity index (χ0n) is 14.8. The van der Waals surface area contributed by atoms with Crippen LogP contribution >= 0.6 is 35.4 Å². The van der Waals surface area contributed by atoms with Gasteiger partial charge in [0.1, 0.15) is 5.57 Å². The summed E-state index contributed by atoms with van der Waals surface area (Å²) in [5.41, 5.74) is 0.882. The quantitative estimate of drug-likeness (QED) is 0.447. The van der Waals surface area contributed by atoms with Gasteiger partial charge in [-0.15, -0.1) is 0 Å². The van der Waals surface area contributed by atoms with Crippen molar-refractivity contribution >= 4 is 64.1 Å². The average Bonchev–Trinajstić information content (AvgIpc) is 2.67. The number of anilines is 1. The van der Waals surface area contributed by atoms with Crippen LogP contribution in [0.25, 0.3) is 6.08 Å². The number of halogens is 2. The smallest absolute Gasteiger partial charge is 0.270 e. The number of hydrogen-bond donors (Lipinski definition) is 1. The normalized spacial score (nSPS) is 15.6. The lowest BCUT2D eigenvalue weighted by Crippen LogP contribution is -2.54. The maximum absolute atomic E-state index is 13.0. The molecule has 9 heteroatoms. The van der Waals surface area contributed by atoms with Crippen LogP contribution in [0, 0.1) is 0 Å². The molecule has 0 atom stereocenters. The maximum atomic E-state index is 13.0. The van der Waals surface area contributed by atoms with E-state index in [4.69, 9.17) is 44.9 Å². The van der Waals surface area contributed by atoms with Gasteiger partial charge in [0.15, 0.2) is 16.6 Å². The van der Waals surface area contributed by atoms with Gasteiger partial charge >= 0.3 is 0 Å². The number of carbonyl (C=O) groups is 2. The molecule has 0 bridgehead atoms. The fraction of sp³-hybridized carbons (Fsp3) is 0.105. The SMILES string of the molecule is COc1ccc(/C=C2\C(=O)NC(=S)N(c3ccc(Cl)c(Cl)c3)C2=O)cc1OC. The van der Waals surface area contributed by atoms with Crippen LogP contribution < -0.4 is 19.7 Å². The van der Waals surface area contributed by atoms with Crippen molar-refractivity contribution in [3.8, 4) is 11.5 Å². The predicted octanol–water partition coefficient (Wildman–Crippen LogP) is 3.84. The van der Waals surface area contributed by atoms with Gasteiger partial charge in [-0.05, 0) is 54.2 Å². The van der Waals surface area contributed by atoms with E-state index in [1.54, 1.807) is 30.3 Å². The molecule has 0 saturated carbocycles. The van der Waals surface area contributed by atoms with Crippen molar-refractivity contribution in [3.63, 3.8) is 0 Å². The van der Waals surface area contributed by atoms with E-state index >= 15 is 0 Å². The Labute approximate surface area is 176 Å². The molecule has 1 aliphatic rings. The fourth-order valence-corrected chi connectivity index (χ4v) is 3.20. The van der Waals surface area contributed by atoms with E-state index in [0.717, 1.165) is 0 Å². The Bertz CT molecular complexity index is 1020. The summed E-state index contributed by atoms with van der Waals surface area (Å²) in [6.07, 6.45) is 1.45. The highest BCUT2D eigenvalue weighted by Crippen LogP contribution is 2.31. The number of hydrogen-bond acceptors (Lipinski definition) is 5. The van der Waals surface area contributed by atoms with Gasteiger partial charge in [-0.1, -0.05) is 29.3 Å². The minimum Gasteiger partial charge on any atom is -0.493 e. The Hall–Kier alpha value is -2.61. The Morgan fingerprint density at radius 2 is 1.71 bits per heavy atom. The van der Waals surface area contributed by atoms with E-state index in [1.165, 1.54) is 31.3 Å². The lowest BCUT2D eigenvalue weighted by molar-refractivity contribution is -0.122. The van der Waals surface area contributed by atoms with Crippen molar-refractivity contribution in [1.82, 2.24) is 5.32 Å². The van der Waals surface area contributed by atoms with Crippen LogP contribution in [-0.2, 0) is 9.59 Å². The molecule has 1 saturated heterocycles. The summed E-state index contributed by atoms with van der Waals surface area (Å²) in [5, 5.41) is 3.07. The molecule has 1 N–H and O–H groups in total. The molecule has 6 nitrogen and oxygen atoms in total. The number of rotatable bonds is 4. The standard InChI is InChI=1S/C19H14Cl2N2O4S/c1-26-15-6-3-10(8-16(15)27-2)7-12-17(24)22-19(28)23(18(12)25)11-4-5-13(20)14(21)9-11/h3-9H,1-2H3,(H,22,24,28)/b12-7+. The van der Waals surface area contributed by atoms with Crippen molar-refractivity contribution < 1.29 is 19.1 Å². The summed E-state index contributed by atoms with van der Waals surface area (Å²) in [5.74, 6) is -0.178. The van der Waals surface area contributed by atoms with E-state index in [1.807, 2.05) is 0 Å². The average molecular weight is 437 g/mol. The molecule has 3 rings (SSSR count). The minimum absolute atomic E-state index is 0.0437. The predicted molar refractivity (Wildman–Crippen MR) is 112 cm³/mol. The molecule has 2 amide bonds. The molecule has 2 aromatic rings. The van der Waals surface area contributed by atoms with Crippen molar-refractivity contribution in [2.45, 2.75) is 0 Å². The zero-order valence-corrected chi connectivity index (χ0v) is 17.1. The largest absolute Gasteiger partial charge is 0.493 e. The van der Waals surface area contributed by atoms with Crippen molar-refractivity contribution in [3.05, 3.63) is 57.6 Å². The topological polar surface area (TPSA) is 67.9 Å². The molecule has 144 valence electrons. The number of thiocarbonyl (C=S) groups is 1. The van der Waals surface area contributed by atoms with Crippen LogP contribution in [0.2, 0.25) is 10.0 Å². The number of methoxy groups -OCH3 is 2. The van der Waals surface area contributed by atoms with Crippen LogP contribution in [-0.4, -0.2) is 31.1 Å². The second-order valence-corrected chi connectivity index (χ2v) is 6.87. The van der Waals surface area contributed by atoms with Gasteiger partial charge in [0.25, 0.3) is 11.8 Å². The van der Waals surface area contributed by atoms with Gasteiger partial charge in [0.2, 0.25) is 0 Å². The van der Waals surface area contributed by atoms with Crippen LogP contribution in [0.15, 0.2) is 42.0 Å². The first-order valence-corrected chi connectivity index (χ1v) is 9.10. The van der Waals surface area contributed by atoms with E-state index in [0.29, 0.717) is 27.8 Å². The maximum Gasteiger partial charge on any atom is 0.270 e. The van der Waals surface area contributed by atoms with Gasteiger partial charge in [0.05, 0.1) is 30.0 Å². The number of nitrogens with zero attached hydrogens (tertiary/aromatic N) is 1. The third kappa shape index (κ3) is 3.82. The number of benzene rings is 2. The minimum atomic E-state index is -0.596. The van der Waals surface area contributed by atoms with Crippen molar-refractivity contribution in [2.24, 2.45) is 0 Å². The Morgan fingerprint density at radius 3 is 2.36 bits per heavy atom. The summed E-state index contributed by atoms with van der Waals surface area (Å²) in [4.78, 5) is 26.6. The number of ether oxygens (including phenoxy) is 2. The van der Waals surface area contributed by atoms with Gasteiger partial charge in [-0.3, -0.25) is 19.8 Å². The monoisotopic (exact) mass is 436 g/mol. The van der Waals surface area contributed by atoms with E-state index < -0.39 is 11.8 Å². The van der Waals surface area contributed by atoms with Gasteiger partial charge in [-0.25, -0.2) is 0 Å². The third-order valence-corrected chi connectivity index (χ3v) is 5.01. The molecule has 2 aromatic carbocycles. The van der Waals surface area contributed by atoms with Crippen LogP contribution in [0.4, 0.5) is 5.69 Å². The molecular weight excluding hydrogens is 423 g/mol. The summed E-state index contributed by atoms with van der Waals surface area (Å²) in [7, 11) is 3.02. The van der Waals surface area contributed by atoms with Gasteiger partial charge in [-0.2, -0.15) is 0 Å². The van der Waals surface area contributed by atoms with E-state index in [9.17, 15) is 9.59 Å². The Kier molecular flexibility index (Phi) is 5.88. The third-order valence-electron chi connectivity index (χ3n) is 3.98. The molecule has 0 aliphatic carbocycles. The van der Waals surface area contributed by atoms with Crippen LogP contribution in [0.3, 0.4) is 0 Å². The molecular formula is C19H14Cl2N2O4S. The van der Waals surface area contributed by atoms with Crippen LogP contribution in [0.5, 0.6) is 11.5 Å².